The molecule has 2 atom stereocenters. The minimum atomic E-state index is -1.10. The number of likely N-dealkylation sites (tertiary alicyclic amines) is 1. The van der Waals surface area contributed by atoms with Gasteiger partial charge in [-0.3, -0.25) is 0 Å². The van der Waals surface area contributed by atoms with Crippen molar-refractivity contribution in [3.8, 4) is 0 Å². The SMILES string of the molecule is CCC1CCCN(C(=O)NC(C)(C(=O)O)C2CC2)CC1. The maximum absolute atomic E-state index is 12.3. The lowest BCUT2D eigenvalue weighted by Crippen LogP contribution is -2.57. The Hall–Kier alpha value is -1.26. The van der Waals surface area contributed by atoms with Crippen LogP contribution in [-0.2, 0) is 4.79 Å². The molecule has 0 aromatic carbocycles. The van der Waals surface area contributed by atoms with Gasteiger partial charge >= 0.3 is 12.0 Å². The molecule has 1 saturated carbocycles. The first kappa shape index (κ1) is 15.1. The lowest BCUT2D eigenvalue weighted by Gasteiger charge is -2.30. The van der Waals surface area contributed by atoms with E-state index in [1.165, 1.54) is 6.42 Å². The monoisotopic (exact) mass is 282 g/mol. The van der Waals surface area contributed by atoms with Gasteiger partial charge in [-0.15, -0.1) is 0 Å². The Morgan fingerprint density at radius 3 is 2.50 bits per heavy atom. The minimum absolute atomic E-state index is 0.0827. The number of urea groups is 1. The molecule has 2 N–H and O–H groups in total. The van der Waals surface area contributed by atoms with Gasteiger partial charge in [0.25, 0.3) is 0 Å². The topological polar surface area (TPSA) is 69.6 Å². The summed E-state index contributed by atoms with van der Waals surface area (Å²) in [7, 11) is 0. The Kier molecular flexibility index (Phi) is 4.55. The number of carboxylic acid groups (broad SMARTS) is 1. The third-order valence-corrected chi connectivity index (χ3v) is 4.92. The highest BCUT2D eigenvalue weighted by atomic mass is 16.4. The van der Waals surface area contributed by atoms with Crippen molar-refractivity contribution in [1.29, 1.82) is 0 Å². The Bertz CT molecular complexity index is 381. The van der Waals surface area contributed by atoms with E-state index in [0.29, 0.717) is 5.92 Å². The minimum Gasteiger partial charge on any atom is -0.480 e. The fourth-order valence-electron chi connectivity index (χ4n) is 3.07. The van der Waals surface area contributed by atoms with Crippen LogP contribution in [0.25, 0.3) is 0 Å². The van der Waals surface area contributed by atoms with E-state index < -0.39 is 11.5 Å². The molecule has 0 aromatic heterocycles. The van der Waals surface area contributed by atoms with Crippen molar-refractivity contribution in [3.63, 3.8) is 0 Å². The van der Waals surface area contributed by atoms with Crippen LogP contribution in [0.2, 0.25) is 0 Å². The van der Waals surface area contributed by atoms with E-state index in [4.69, 9.17) is 0 Å². The fourth-order valence-corrected chi connectivity index (χ4v) is 3.07. The maximum Gasteiger partial charge on any atom is 0.329 e. The van der Waals surface area contributed by atoms with Gasteiger partial charge in [0.15, 0.2) is 0 Å². The molecule has 114 valence electrons. The van der Waals surface area contributed by atoms with E-state index in [1.807, 2.05) is 0 Å². The quantitative estimate of drug-likeness (QED) is 0.832. The van der Waals surface area contributed by atoms with Gasteiger partial charge in [0.05, 0.1) is 0 Å². The van der Waals surface area contributed by atoms with Gasteiger partial charge < -0.3 is 15.3 Å². The molecule has 0 bridgehead atoms. The number of nitrogens with one attached hydrogen (secondary N) is 1. The summed E-state index contributed by atoms with van der Waals surface area (Å²) in [5, 5.41) is 12.2. The van der Waals surface area contributed by atoms with Gasteiger partial charge in [-0.25, -0.2) is 9.59 Å². The van der Waals surface area contributed by atoms with E-state index in [0.717, 1.165) is 45.2 Å². The molecule has 1 aliphatic heterocycles. The molecule has 2 amide bonds. The number of hydrogen-bond acceptors (Lipinski definition) is 2. The van der Waals surface area contributed by atoms with E-state index in [1.54, 1.807) is 11.8 Å². The first-order valence-corrected chi connectivity index (χ1v) is 7.77. The number of hydrogen-bond donors (Lipinski definition) is 2. The van der Waals surface area contributed by atoms with Crippen molar-refractivity contribution in [2.24, 2.45) is 11.8 Å². The van der Waals surface area contributed by atoms with Gasteiger partial charge in [-0.2, -0.15) is 0 Å². The Labute approximate surface area is 120 Å². The summed E-state index contributed by atoms with van der Waals surface area (Å²) in [6.07, 6.45) is 6.14. The average molecular weight is 282 g/mol. The summed E-state index contributed by atoms with van der Waals surface area (Å²) >= 11 is 0. The third kappa shape index (κ3) is 3.25. The summed E-state index contributed by atoms with van der Waals surface area (Å²) in [5.41, 5.74) is -1.10. The van der Waals surface area contributed by atoms with Crippen LogP contribution >= 0.6 is 0 Å². The second-order valence-electron chi connectivity index (χ2n) is 6.40. The van der Waals surface area contributed by atoms with Gasteiger partial charge in [-0.05, 0) is 50.9 Å². The molecule has 1 heterocycles. The van der Waals surface area contributed by atoms with E-state index >= 15 is 0 Å². The number of aliphatic carboxylic acids is 1. The molecule has 0 radical (unpaired) electrons. The predicted molar refractivity (Wildman–Crippen MR) is 76.5 cm³/mol. The number of rotatable bonds is 4. The summed E-state index contributed by atoms with van der Waals surface area (Å²) < 4.78 is 0. The maximum atomic E-state index is 12.3. The predicted octanol–water partition coefficient (Wildman–Crippen LogP) is 2.46. The molecule has 5 nitrogen and oxygen atoms in total. The molecular formula is C15H26N2O3. The zero-order valence-electron chi connectivity index (χ0n) is 12.5. The number of nitrogens with zero attached hydrogens (tertiary/aromatic N) is 1. The van der Waals surface area contributed by atoms with E-state index in [-0.39, 0.29) is 11.9 Å². The zero-order chi connectivity index (χ0) is 14.8. The van der Waals surface area contributed by atoms with Crippen molar-refractivity contribution in [2.75, 3.05) is 13.1 Å². The molecule has 20 heavy (non-hydrogen) atoms. The molecule has 1 aliphatic carbocycles. The Morgan fingerprint density at radius 1 is 1.25 bits per heavy atom. The first-order chi connectivity index (χ1) is 9.47. The summed E-state index contributed by atoms with van der Waals surface area (Å²) in [6, 6.07) is -0.210. The molecule has 2 unspecified atom stereocenters. The second kappa shape index (κ2) is 6.02. The van der Waals surface area contributed by atoms with Gasteiger partial charge in [0.1, 0.15) is 5.54 Å². The van der Waals surface area contributed by atoms with Crippen molar-refractivity contribution >= 4 is 12.0 Å². The highest BCUT2D eigenvalue weighted by Gasteiger charge is 2.49. The molecule has 1 saturated heterocycles. The van der Waals surface area contributed by atoms with Crippen molar-refractivity contribution < 1.29 is 14.7 Å². The van der Waals surface area contributed by atoms with Crippen molar-refractivity contribution in [3.05, 3.63) is 0 Å². The number of carboxylic acids is 1. The molecule has 5 heteroatoms. The largest absolute Gasteiger partial charge is 0.480 e. The molecule has 2 aliphatic rings. The van der Waals surface area contributed by atoms with Gasteiger partial charge in [0, 0.05) is 13.1 Å². The second-order valence-corrected chi connectivity index (χ2v) is 6.40. The van der Waals surface area contributed by atoms with Crippen LogP contribution in [0, 0.1) is 11.8 Å². The molecule has 2 rings (SSSR count). The van der Waals surface area contributed by atoms with E-state index in [9.17, 15) is 14.7 Å². The number of carbonyl (C=O) groups is 2. The van der Waals surface area contributed by atoms with Gasteiger partial charge in [-0.1, -0.05) is 13.3 Å². The van der Waals surface area contributed by atoms with Crippen LogP contribution in [0.3, 0.4) is 0 Å². The first-order valence-electron chi connectivity index (χ1n) is 7.77. The summed E-state index contributed by atoms with van der Waals surface area (Å²) in [5.74, 6) is -0.143. The van der Waals surface area contributed by atoms with Crippen LogP contribution in [0.5, 0.6) is 0 Å². The van der Waals surface area contributed by atoms with Crippen LogP contribution in [0.1, 0.15) is 52.4 Å². The summed E-state index contributed by atoms with van der Waals surface area (Å²) in [6.45, 7) is 5.31. The third-order valence-electron chi connectivity index (χ3n) is 4.92. The van der Waals surface area contributed by atoms with Crippen molar-refractivity contribution in [2.45, 2.75) is 57.9 Å². The van der Waals surface area contributed by atoms with Gasteiger partial charge in [0.2, 0.25) is 0 Å². The van der Waals surface area contributed by atoms with E-state index in [2.05, 4.69) is 12.2 Å². The van der Waals surface area contributed by atoms with Crippen molar-refractivity contribution in [1.82, 2.24) is 10.2 Å². The van der Waals surface area contributed by atoms with Crippen LogP contribution < -0.4 is 5.32 Å². The Morgan fingerprint density at radius 2 is 1.95 bits per heavy atom. The standard InChI is InChI=1S/C15H26N2O3/c1-3-11-5-4-9-17(10-8-11)14(20)16-15(2,13(18)19)12-6-7-12/h11-12H,3-10H2,1-2H3,(H,16,20)(H,18,19). The van der Waals surface area contributed by atoms with Crippen LogP contribution in [0.4, 0.5) is 4.79 Å². The molecular weight excluding hydrogens is 256 g/mol. The zero-order valence-corrected chi connectivity index (χ0v) is 12.5. The Balaban J connectivity index is 1.95. The smallest absolute Gasteiger partial charge is 0.329 e. The highest BCUT2D eigenvalue weighted by molar-refractivity contribution is 5.86. The fraction of sp³-hybridized carbons (Fsp3) is 0.867. The lowest BCUT2D eigenvalue weighted by atomic mass is 9.96. The van der Waals surface area contributed by atoms with Crippen LogP contribution in [-0.4, -0.2) is 40.6 Å². The highest BCUT2D eigenvalue weighted by Crippen LogP contribution is 2.39. The molecule has 2 fully saturated rings. The molecule has 0 spiro atoms. The normalized spacial score (nSPS) is 26.5. The average Bonchev–Trinajstić information content (AvgIpc) is 3.24. The summed E-state index contributed by atoms with van der Waals surface area (Å²) in [4.78, 5) is 25.6. The number of carbonyl (C=O) groups excluding carboxylic acids is 1. The molecule has 0 aromatic rings. The van der Waals surface area contributed by atoms with Crippen LogP contribution in [0.15, 0.2) is 0 Å². The lowest BCUT2D eigenvalue weighted by molar-refractivity contribution is -0.144. The number of amides is 2.